The second-order valence-corrected chi connectivity index (χ2v) is 11.7. The lowest BCUT2D eigenvalue weighted by molar-refractivity contribution is 0.0927. The molecule has 8 nitrogen and oxygen atoms in total. The van der Waals surface area contributed by atoms with Gasteiger partial charge in [0.1, 0.15) is 18.2 Å². The van der Waals surface area contributed by atoms with E-state index in [9.17, 15) is 9.59 Å². The lowest BCUT2D eigenvalue weighted by Gasteiger charge is -2.21. The molecule has 3 heterocycles. The van der Waals surface area contributed by atoms with Gasteiger partial charge < -0.3 is 14.6 Å². The molecule has 6 rings (SSSR count). The molecule has 1 aromatic heterocycles. The quantitative estimate of drug-likeness (QED) is 0.266. The van der Waals surface area contributed by atoms with Gasteiger partial charge in [-0.1, -0.05) is 66.2 Å². The Balaban J connectivity index is 1.14. The van der Waals surface area contributed by atoms with Crippen molar-refractivity contribution in [2.75, 3.05) is 25.0 Å². The van der Waals surface area contributed by atoms with Gasteiger partial charge in [-0.25, -0.2) is 4.98 Å². The summed E-state index contributed by atoms with van der Waals surface area (Å²) in [7, 11) is 1.67. The van der Waals surface area contributed by atoms with E-state index in [-0.39, 0.29) is 17.9 Å². The molecular formula is C34H36ClN5O3. The number of ether oxygens (including phenoxy) is 1. The number of hydrogen-bond donors (Lipinski definition) is 1. The zero-order valence-corrected chi connectivity index (χ0v) is 25.1. The lowest BCUT2D eigenvalue weighted by Crippen LogP contribution is -2.39. The van der Waals surface area contributed by atoms with Crippen molar-refractivity contribution in [3.63, 3.8) is 0 Å². The number of rotatable bonds is 9. The van der Waals surface area contributed by atoms with Crippen LogP contribution in [0, 0.1) is 0 Å². The third kappa shape index (κ3) is 6.60. The van der Waals surface area contributed by atoms with Gasteiger partial charge in [-0.2, -0.15) is 0 Å². The molecule has 1 saturated heterocycles. The number of likely N-dealkylation sites (tertiary alicyclic amines) is 1. The number of hydrogen-bond acceptors (Lipinski definition) is 5. The summed E-state index contributed by atoms with van der Waals surface area (Å²) in [5, 5.41) is 3.74. The van der Waals surface area contributed by atoms with Crippen LogP contribution in [-0.2, 0) is 26.1 Å². The Morgan fingerprint density at radius 3 is 2.67 bits per heavy atom. The van der Waals surface area contributed by atoms with Gasteiger partial charge in [0.25, 0.3) is 11.8 Å². The molecule has 0 bridgehead atoms. The lowest BCUT2D eigenvalue weighted by atomic mass is 10.1. The average molecular weight is 598 g/mol. The Hall–Kier alpha value is -4.14. The molecule has 1 N–H and O–H groups in total. The monoisotopic (exact) mass is 597 g/mol. The maximum atomic E-state index is 13.8. The Labute approximate surface area is 257 Å². The van der Waals surface area contributed by atoms with E-state index in [1.807, 2.05) is 41.0 Å². The molecule has 2 amide bonds. The van der Waals surface area contributed by atoms with Crippen molar-refractivity contribution >= 4 is 29.2 Å². The predicted molar refractivity (Wildman–Crippen MR) is 168 cm³/mol. The van der Waals surface area contributed by atoms with Crippen molar-refractivity contribution in [2.24, 2.45) is 0 Å². The van der Waals surface area contributed by atoms with Crippen molar-refractivity contribution in [3.8, 4) is 5.75 Å². The van der Waals surface area contributed by atoms with Gasteiger partial charge in [0.2, 0.25) is 0 Å². The zero-order valence-electron chi connectivity index (χ0n) is 24.3. The molecular weight excluding hydrogens is 562 g/mol. The van der Waals surface area contributed by atoms with Crippen LogP contribution in [0.3, 0.4) is 0 Å². The van der Waals surface area contributed by atoms with E-state index >= 15 is 0 Å². The molecule has 0 spiro atoms. The first-order chi connectivity index (χ1) is 21.0. The van der Waals surface area contributed by atoms with Crippen LogP contribution >= 0.6 is 11.6 Å². The molecule has 2 aliphatic heterocycles. The average Bonchev–Trinajstić information content (AvgIpc) is 3.64. The van der Waals surface area contributed by atoms with Gasteiger partial charge in [-0.05, 0) is 49.1 Å². The number of imidazole rings is 1. The predicted octanol–water partition coefficient (Wildman–Crippen LogP) is 5.73. The van der Waals surface area contributed by atoms with Gasteiger partial charge in [0, 0.05) is 61.8 Å². The molecule has 1 atom stereocenters. The first-order valence-electron chi connectivity index (χ1n) is 14.9. The molecule has 0 saturated carbocycles. The van der Waals surface area contributed by atoms with Gasteiger partial charge in [-0.15, -0.1) is 0 Å². The van der Waals surface area contributed by atoms with E-state index in [0.29, 0.717) is 35.2 Å². The number of anilines is 1. The fraction of sp³-hybridized carbons (Fsp3) is 0.324. The minimum absolute atomic E-state index is 0.0126. The number of nitrogens with one attached hydrogen (secondary N) is 1. The van der Waals surface area contributed by atoms with Crippen LogP contribution in [0.4, 0.5) is 5.82 Å². The number of aryl methyl sites for hydroxylation is 1. The minimum atomic E-state index is -0.257. The summed E-state index contributed by atoms with van der Waals surface area (Å²) in [4.78, 5) is 35.8. The Bertz CT molecular complexity index is 1600. The molecule has 222 valence electrons. The molecule has 3 aromatic carbocycles. The highest BCUT2D eigenvalue weighted by molar-refractivity contribution is 6.31. The van der Waals surface area contributed by atoms with E-state index in [1.165, 1.54) is 4.90 Å². The third-order valence-corrected chi connectivity index (χ3v) is 8.42. The largest absolute Gasteiger partial charge is 0.489 e. The summed E-state index contributed by atoms with van der Waals surface area (Å²) >= 11 is 6.15. The van der Waals surface area contributed by atoms with Crippen molar-refractivity contribution in [2.45, 2.75) is 51.4 Å². The summed E-state index contributed by atoms with van der Waals surface area (Å²) in [6.45, 7) is 3.56. The highest BCUT2D eigenvalue weighted by Gasteiger charge is 2.32. The first kappa shape index (κ1) is 29.0. The molecule has 9 heteroatoms. The normalized spacial score (nSPS) is 16.5. The van der Waals surface area contributed by atoms with Crippen LogP contribution < -0.4 is 15.0 Å². The van der Waals surface area contributed by atoms with Crippen LogP contribution in [0.2, 0.25) is 5.02 Å². The van der Waals surface area contributed by atoms with Crippen LogP contribution in [0.25, 0.3) is 0 Å². The second-order valence-electron chi connectivity index (χ2n) is 11.3. The van der Waals surface area contributed by atoms with E-state index in [1.54, 1.807) is 31.3 Å². The maximum Gasteiger partial charge on any atom is 0.272 e. The highest BCUT2D eigenvalue weighted by atomic mass is 35.5. The second kappa shape index (κ2) is 13.0. The molecule has 1 unspecified atom stereocenters. The number of carbonyl (C=O) groups excluding carboxylic acids is 2. The number of fused-ring (bicyclic) bond motifs is 1. The summed E-state index contributed by atoms with van der Waals surface area (Å²) in [5.74, 6) is 1.66. The number of para-hydroxylation sites is 1. The number of carbonyl (C=O) groups is 2. The van der Waals surface area contributed by atoms with Gasteiger partial charge >= 0.3 is 0 Å². The van der Waals surface area contributed by atoms with E-state index in [4.69, 9.17) is 21.3 Å². The number of halogens is 1. The van der Waals surface area contributed by atoms with Crippen LogP contribution in [0.1, 0.15) is 57.1 Å². The van der Waals surface area contributed by atoms with E-state index < -0.39 is 0 Å². The topological polar surface area (TPSA) is 79.7 Å². The summed E-state index contributed by atoms with van der Waals surface area (Å²) < 4.78 is 8.16. The number of amides is 2. The highest BCUT2D eigenvalue weighted by Crippen LogP contribution is 2.28. The van der Waals surface area contributed by atoms with Gasteiger partial charge in [0.05, 0.1) is 0 Å². The number of benzene rings is 3. The Morgan fingerprint density at radius 2 is 1.84 bits per heavy atom. The number of aromatic nitrogens is 2. The first-order valence-corrected chi connectivity index (χ1v) is 15.2. The standard InChI is InChI=1S/C34H36ClN5O3/c1-38(34(42)25-13-9-14-27(35)20-25)32-31(40-18-8-7-16-30(40)37-32)33(41)36-28-17-19-39(22-28)21-26-12-5-6-15-29(26)43-23-24-10-3-2-4-11-24/h2-6,9-15,20,28H,7-8,16-19,21-23H2,1H3,(H,36,41). The van der Waals surface area contributed by atoms with Crippen molar-refractivity contribution in [3.05, 3.63) is 112 Å². The zero-order chi connectivity index (χ0) is 29.8. The molecule has 4 aromatic rings. The Kier molecular flexibility index (Phi) is 8.77. The molecule has 0 radical (unpaired) electrons. The fourth-order valence-electron chi connectivity index (χ4n) is 5.94. The van der Waals surface area contributed by atoms with Crippen molar-refractivity contribution in [1.82, 2.24) is 19.8 Å². The fourth-order valence-corrected chi connectivity index (χ4v) is 6.13. The molecule has 1 fully saturated rings. The summed E-state index contributed by atoms with van der Waals surface area (Å²) in [6.07, 6.45) is 3.60. The summed E-state index contributed by atoms with van der Waals surface area (Å²) in [5.41, 5.74) is 3.15. The van der Waals surface area contributed by atoms with E-state index in [0.717, 1.165) is 68.0 Å². The molecule has 43 heavy (non-hydrogen) atoms. The maximum absolute atomic E-state index is 13.8. The summed E-state index contributed by atoms with van der Waals surface area (Å²) in [6, 6.07) is 25.1. The van der Waals surface area contributed by atoms with Crippen LogP contribution in [-0.4, -0.2) is 52.4 Å². The molecule has 0 aliphatic carbocycles. The third-order valence-electron chi connectivity index (χ3n) is 8.18. The van der Waals surface area contributed by atoms with Gasteiger partial charge in [-0.3, -0.25) is 19.4 Å². The minimum Gasteiger partial charge on any atom is -0.489 e. The SMILES string of the molecule is CN(C(=O)c1cccc(Cl)c1)c1nc2n(c1C(=O)NC1CCN(Cc3ccccc3OCc3ccccc3)C1)CCCC2. The Morgan fingerprint density at radius 1 is 1.02 bits per heavy atom. The van der Waals surface area contributed by atoms with Crippen molar-refractivity contribution in [1.29, 1.82) is 0 Å². The molecule has 2 aliphatic rings. The van der Waals surface area contributed by atoms with Crippen LogP contribution in [0.15, 0.2) is 78.9 Å². The van der Waals surface area contributed by atoms with Gasteiger partial charge in [0.15, 0.2) is 11.5 Å². The number of nitrogens with zero attached hydrogens (tertiary/aromatic N) is 4. The smallest absolute Gasteiger partial charge is 0.272 e. The van der Waals surface area contributed by atoms with Crippen molar-refractivity contribution < 1.29 is 14.3 Å². The van der Waals surface area contributed by atoms with E-state index in [2.05, 4.69) is 28.4 Å². The van der Waals surface area contributed by atoms with Crippen LogP contribution in [0.5, 0.6) is 5.75 Å².